The molecule has 10 nitrogen and oxygen atoms in total. The monoisotopic (exact) mass is 635 g/mol. The molecule has 2 aliphatic rings. The number of likely N-dealkylation sites (N-methyl/N-ethyl adjacent to an activating group) is 1. The Morgan fingerprint density at radius 2 is 1.84 bits per heavy atom. The number of rotatable bonds is 8. The molecule has 15 heteroatoms. The molecule has 3 N–H and O–H groups in total. The number of anilines is 3. The van der Waals surface area contributed by atoms with Crippen LogP contribution in [0.2, 0.25) is 0 Å². The lowest BCUT2D eigenvalue weighted by atomic mass is 10.0. The Labute approximate surface area is 253 Å². The summed E-state index contributed by atoms with van der Waals surface area (Å²) in [4.78, 5) is 39.4. The van der Waals surface area contributed by atoms with E-state index in [-0.39, 0.29) is 41.2 Å². The molecule has 0 aliphatic carbocycles. The Morgan fingerprint density at radius 1 is 1.16 bits per heavy atom. The average molecular weight is 636 g/mol. The summed E-state index contributed by atoms with van der Waals surface area (Å²) in [5.74, 6) is -2.79. The smallest absolute Gasteiger partial charge is 0.264 e. The number of ether oxygens (including phenoxy) is 1. The van der Waals surface area contributed by atoms with E-state index in [9.17, 15) is 18.4 Å². The molecule has 1 aromatic carbocycles. The minimum atomic E-state index is -3.14. The summed E-state index contributed by atoms with van der Waals surface area (Å²) in [7, 11) is 4.57. The number of pyridine rings is 1. The second-order valence-corrected chi connectivity index (χ2v) is 11.9. The third kappa shape index (κ3) is 6.72. The van der Waals surface area contributed by atoms with Crippen molar-refractivity contribution >= 4 is 32.5 Å². The number of aromatic nitrogens is 3. The van der Waals surface area contributed by atoms with Crippen LogP contribution in [0.1, 0.15) is 49.0 Å². The summed E-state index contributed by atoms with van der Waals surface area (Å²) in [6.45, 7) is 5.15. The van der Waals surface area contributed by atoms with E-state index in [4.69, 9.17) is 4.74 Å². The number of piperazine rings is 1. The van der Waals surface area contributed by atoms with Gasteiger partial charge in [-0.25, -0.2) is 27.5 Å². The number of hydrogen-bond donors (Lipinski definition) is 3. The zero-order chi connectivity index (χ0) is 31.7. The van der Waals surface area contributed by atoms with E-state index < -0.39 is 51.9 Å². The van der Waals surface area contributed by atoms with Crippen LogP contribution < -0.4 is 21.1 Å². The quantitative estimate of drug-likeness (QED) is 0.243. The normalized spacial score (nSPS) is 22.4. The molecular formula is C29H34F4N7O3P. The van der Waals surface area contributed by atoms with Gasteiger partial charge < -0.3 is 25.3 Å². The maximum absolute atomic E-state index is 16.4. The lowest BCUT2D eigenvalue weighted by Crippen LogP contribution is -2.55. The zero-order valence-corrected chi connectivity index (χ0v) is 25.6. The summed E-state index contributed by atoms with van der Waals surface area (Å²) < 4.78 is 65.3. The first kappa shape index (κ1) is 31.8. The van der Waals surface area contributed by atoms with Crippen molar-refractivity contribution in [2.24, 2.45) is 0 Å². The first-order chi connectivity index (χ1) is 20.9. The highest BCUT2D eigenvalue weighted by Crippen LogP contribution is 2.39. The summed E-state index contributed by atoms with van der Waals surface area (Å²) >= 11 is 0. The Bertz CT molecular complexity index is 1560. The van der Waals surface area contributed by atoms with Gasteiger partial charge in [0, 0.05) is 73.6 Å². The van der Waals surface area contributed by atoms with Crippen molar-refractivity contribution in [2.45, 2.75) is 57.1 Å². The molecule has 5 rings (SSSR count). The van der Waals surface area contributed by atoms with E-state index >= 15 is 8.78 Å². The first-order valence-electron chi connectivity index (χ1n) is 14.2. The topological polar surface area (TPSA) is 115 Å². The molecule has 4 heterocycles. The van der Waals surface area contributed by atoms with Crippen LogP contribution in [-0.2, 0) is 4.74 Å². The number of nitrogens with zero attached hydrogens (tertiary/aromatic N) is 4. The van der Waals surface area contributed by atoms with E-state index in [1.165, 1.54) is 12.4 Å². The molecule has 5 unspecified atom stereocenters. The predicted octanol–water partition coefficient (Wildman–Crippen LogP) is 4.62. The van der Waals surface area contributed by atoms with Crippen LogP contribution in [0.4, 0.5) is 34.9 Å². The van der Waals surface area contributed by atoms with Crippen LogP contribution >= 0.6 is 9.24 Å². The molecule has 1 amide bonds. The third-order valence-corrected chi connectivity index (χ3v) is 8.63. The van der Waals surface area contributed by atoms with Crippen LogP contribution in [0.15, 0.2) is 35.5 Å². The molecule has 0 radical (unpaired) electrons. The Balaban J connectivity index is 1.51. The number of carbonyl (C=O) groups excluding carboxylic acids is 1. The summed E-state index contributed by atoms with van der Waals surface area (Å²) in [5, 5.41) is 5.45. The van der Waals surface area contributed by atoms with Crippen molar-refractivity contribution in [3.8, 4) is 11.1 Å². The van der Waals surface area contributed by atoms with Crippen molar-refractivity contribution in [2.75, 3.05) is 42.2 Å². The van der Waals surface area contributed by atoms with Crippen LogP contribution in [0, 0.1) is 11.6 Å². The number of nitrogens with one attached hydrogen (secondary N) is 3. The predicted molar refractivity (Wildman–Crippen MR) is 162 cm³/mol. The highest BCUT2D eigenvalue weighted by molar-refractivity contribution is 7.17. The maximum Gasteiger partial charge on any atom is 0.264 e. The Kier molecular flexibility index (Phi) is 9.52. The molecule has 0 saturated carbocycles. The van der Waals surface area contributed by atoms with Gasteiger partial charge in [0.2, 0.25) is 11.5 Å². The molecule has 3 aromatic rings. The number of alkyl halides is 2. The Hall–Kier alpha value is -3.61. The fourth-order valence-electron chi connectivity index (χ4n) is 5.52. The van der Waals surface area contributed by atoms with Crippen molar-refractivity contribution in [1.82, 2.24) is 19.9 Å². The standard InChI is InChI=1S/C29H34F4N7O3P/c1-14-12-40(13-15(2)39(14)3)21-7-20(30)24(16-8-35-29(36-9-16)37-10-17-4-5-23(44)43-17)25(31)26(21)38-28(42)19-11-34-22(41)6-18(19)27(32)33/h6-9,11,14-15,17,23,27H,4-5,10,12-13,44H2,1-3H3,(H,34,41)(H,38,42)(H,35,36,37). The van der Waals surface area contributed by atoms with E-state index in [0.29, 0.717) is 25.7 Å². The molecule has 2 fully saturated rings. The van der Waals surface area contributed by atoms with E-state index in [2.05, 4.69) is 39.7 Å². The number of benzene rings is 1. The van der Waals surface area contributed by atoms with Gasteiger partial charge in [-0.2, -0.15) is 0 Å². The van der Waals surface area contributed by atoms with Crippen molar-refractivity contribution in [3.63, 3.8) is 0 Å². The van der Waals surface area contributed by atoms with Gasteiger partial charge in [-0.05, 0) is 33.7 Å². The van der Waals surface area contributed by atoms with Gasteiger partial charge in [0.15, 0.2) is 5.82 Å². The SMILES string of the molecule is CC1CN(c2cc(F)c(-c3cnc(NCC4CCC(P)O4)nc3)c(F)c2NC(=O)c2c[nH]c(=O)cc2C(F)F)CC(C)N1C. The largest absolute Gasteiger partial charge is 0.369 e. The Morgan fingerprint density at radius 3 is 2.45 bits per heavy atom. The minimum absolute atomic E-state index is 0.00257. The first-order valence-corrected chi connectivity index (χ1v) is 14.9. The number of H-pyrrole nitrogens is 1. The number of halogens is 4. The van der Waals surface area contributed by atoms with Crippen molar-refractivity contribution in [3.05, 3.63) is 63.8 Å². The number of aromatic amines is 1. The van der Waals surface area contributed by atoms with Gasteiger partial charge in [-0.1, -0.05) is 0 Å². The molecule has 5 atom stereocenters. The maximum atomic E-state index is 16.4. The van der Waals surface area contributed by atoms with Gasteiger partial charge in [-0.3, -0.25) is 14.5 Å². The number of hydrogen-bond acceptors (Lipinski definition) is 8. The van der Waals surface area contributed by atoms with E-state index in [1.54, 1.807) is 4.90 Å². The van der Waals surface area contributed by atoms with Crippen LogP contribution in [-0.4, -0.2) is 76.5 Å². The summed E-state index contributed by atoms with van der Waals surface area (Å²) in [5.41, 5.74) is -3.02. The molecule has 0 bridgehead atoms. The summed E-state index contributed by atoms with van der Waals surface area (Å²) in [6, 6.07) is 1.73. The zero-order valence-electron chi connectivity index (χ0n) is 24.4. The highest BCUT2D eigenvalue weighted by atomic mass is 31.0. The molecule has 2 aromatic heterocycles. The minimum Gasteiger partial charge on any atom is -0.369 e. The molecule has 44 heavy (non-hydrogen) atoms. The second-order valence-electron chi connectivity index (χ2n) is 11.2. The summed E-state index contributed by atoms with van der Waals surface area (Å²) in [6.07, 6.45) is 2.00. The fourth-order valence-corrected chi connectivity index (χ4v) is 5.94. The lowest BCUT2D eigenvalue weighted by Gasteiger charge is -2.44. The average Bonchev–Trinajstić information content (AvgIpc) is 3.41. The van der Waals surface area contributed by atoms with Crippen LogP contribution in [0.3, 0.4) is 0 Å². The molecule has 2 aliphatic heterocycles. The molecule has 236 valence electrons. The van der Waals surface area contributed by atoms with Crippen molar-refractivity contribution in [1.29, 1.82) is 0 Å². The van der Waals surface area contributed by atoms with Gasteiger partial charge in [0.05, 0.1) is 28.8 Å². The van der Waals surface area contributed by atoms with Gasteiger partial charge in [-0.15, -0.1) is 9.24 Å². The third-order valence-electron chi connectivity index (χ3n) is 8.14. The van der Waals surface area contributed by atoms with Gasteiger partial charge in [0.1, 0.15) is 11.5 Å². The van der Waals surface area contributed by atoms with E-state index in [1.807, 2.05) is 20.9 Å². The highest BCUT2D eigenvalue weighted by Gasteiger charge is 2.32. The number of carbonyl (C=O) groups is 1. The van der Waals surface area contributed by atoms with Crippen molar-refractivity contribution < 1.29 is 27.1 Å². The molecule has 2 saturated heterocycles. The van der Waals surface area contributed by atoms with Crippen LogP contribution in [0.25, 0.3) is 11.1 Å². The van der Waals surface area contributed by atoms with E-state index in [0.717, 1.165) is 25.1 Å². The fraction of sp³-hybridized carbons (Fsp3) is 0.448. The molecular weight excluding hydrogens is 601 g/mol. The van der Waals surface area contributed by atoms with Gasteiger partial charge >= 0.3 is 0 Å². The second kappa shape index (κ2) is 13.2. The van der Waals surface area contributed by atoms with Crippen LogP contribution in [0.5, 0.6) is 0 Å². The van der Waals surface area contributed by atoms with Gasteiger partial charge in [0.25, 0.3) is 12.3 Å². The number of amides is 1. The molecule has 0 spiro atoms. The lowest BCUT2D eigenvalue weighted by molar-refractivity contribution is 0.100.